The Morgan fingerprint density at radius 3 is 2.93 bits per heavy atom. The van der Waals surface area contributed by atoms with E-state index < -0.39 is 0 Å². The van der Waals surface area contributed by atoms with Gasteiger partial charge in [-0.05, 0) is 37.8 Å². The Morgan fingerprint density at radius 2 is 2.43 bits per heavy atom. The second kappa shape index (κ2) is 3.58. The number of nitrogens with zero attached hydrogens (tertiary/aromatic N) is 4. The minimum atomic E-state index is -0.175. The summed E-state index contributed by atoms with van der Waals surface area (Å²) in [7, 11) is 1.63. The van der Waals surface area contributed by atoms with E-state index in [9.17, 15) is 4.79 Å². The van der Waals surface area contributed by atoms with E-state index >= 15 is 0 Å². The average Bonchev–Trinajstić information content (AvgIpc) is 2.73. The Hall–Kier alpha value is -1.08. The van der Waals surface area contributed by atoms with Gasteiger partial charge >= 0.3 is 0 Å². The van der Waals surface area contributed by atoms with Crippen molar-refractivity contribution in [3.05, 3.63) is 26.6 Å². The molecule has 2 rings (SSSR count). The molecule has 0 bridgehead atoms. The Kier molecular flexibility index (Phi) is 2.42. The van der Waals surface area contributed by atoms with Crippen molar-refractivity contribution < 1.29 is 4.79 Å². The Balaban J connectivity index is 2.44. The highest BCUT2D eigenvalue weighted by Crippen LogP contribution is 2.24. The van der Waals surface area contributed by atoms with E-state index in [1.54, 1.807) is 13.1 Å². The molecule has 72 valence electrons. The zero-order chi connectivity index (χ0) is 10.1. The van der Waals surface area contributed by atoms with E-state index in [0.717, 1.165) is 3.79 Å². The van der Waals surface area contributed by atoms with Crippen molar-refractivity contribution in [2.24, 2.45) is 7.05 Å². The van der Waals surface area contributed by atoms with Crippen LogP contribution < -0.4 is 0 Å². The highest BCUT2D eigenvalue weighted by atomic mass is 79.9. The van der Waals surface area contributed by atoms with Gasteiger partial charge in [0.25, 0.3) is 0 Å². The number of carbonyl (C=O) groups is 1. The molecule has 5 nitrogen and oxygen atoms in total. The molecule has 0 unspecified atom stereocenters. The van der Waals surface area contributed by atoms with E-state index in [-0.39, 0.29) is 11.6 Å². The van der Waals surface area contributed by atoms with Crippen molar-refractivity contribution in [1.82, 2.24) is 20.2 Å². The largest absolute Gasteiger partial charge is 0.285 e. The smallest absolute Gasteiger partial charge is 0.233 e. The lowest BCUT2D eigenvalue weighted by atomic mass is 10.2. The molecule has 2 heterocycles. The van der Waals surface area contributed by atoms with Crippen molar-refractivity contribution >= 4 is 33.0 Å². The molecule has 0 aliphatic heterocycles. The van der Waals surface area contributed by atoms with Crippen molar-refractivity contribution in [2.45, 2.75) is 0 Å². The lowest BCUT2D eigenvalue weighted by Crippen LogP contribution is -2.09. The second-order valence-corrected chi connectivity index (χ2v) is 4.80. The first kappa shape index (κ1) is 9.47. The third-order valence-corrected chi connectivity index (χ3v) is 3.37. The number of halogens is 1. The van der Waals surface area contributed by atoms with Crippen LogP contribution in [0.1, 0.15) is 16.2 Å². The van der Waals surface area contributed by atoms with Crippen LogP contribution in [-0.2, 0) is 7.05 Å². The van der Waals surface area contributed by atoms with Crippen LogP contribution >= 0.6 is 27.3 Å². The number of aryl methyl sites for hydroxylation is 1. The highest BCUT2D eigenvalue weighted by Gasteiger charge is 2.18. The van der Waals surface area contributed by atoms with E-state index in [1.807, 2.05) is 5.38 Å². The quantitative estimate of drug-likeness (QED) is 0.773. The molecule has 0 aromatic carbocycles. The summed E-state index contributed by atoms with van der Waals surface area (Å²) >= 11 is 4.75. The third kappa shape index (κ3) is 1.48. The van der Waals surface area contributed by atoms with E-state index in [2.05, 4.69) is 31.5 Å². The van der Waals surface area contributed by atoms with Crippen molar-refractivity contribution in [3.63, 3.8) is 0 Å². The van der Waals surface area contributed by atoms with Crippen LogP contribution in [-0.4, -0.2) is 26.0 Å². The van der Waals surface area contributed by atoms with E-state index in [0.29, 0.717) is 5.56 Å². The third-order valence-electron chi connectivity index (χ3n) is 1.69. The Bertz CT molecular complexity index is 435. The van der Waals surface area contributed by atoms with Gasteiger partial charge in [0, 0.05) is 7.05 Å². The molecule has 0 N–H and O–H groups in total. The van der Waals surface area contributed by atoms with Crippen LogP contribution in [0.3, 0.4) is 0 Å². The number of hydrogen-bond acceptors (Lipinski definition) is 5. The van der Waals surface area contributed by atoms with E-state index in [1.165, 1.54) is 16.0 Å². The topological polar surface area (TPSA) is 60.7 Å². The zero-order valence-corrected chi connectivity index (χ0v) is 9.54. The van der Waals surface area contributed by atoms with Gasteiger partial charge in [0.15, 0.2) is 0 Å². The number of aromatic nitrogens is 4. The number of tetrazole rings is 1. The van der Waals surface area contributed by atoms with Gasteiger partial charge < -0.3 is 0 Å². The van der Waals surface area contributed by atoms with Crippen molar-refractivity contribution in [3.8, 4) is 0 Å². The van der Waals surface area contributed by atoms with Crippen LogP contribution in [0.15, 0.2) is 15.2 Å². The first-order valence-electron chi connectivity index (χ1n) is 3.70. The summed E-state index contributed by atoms with van der Waals surface area (Å²) in [4.78, 5) is 11.8. The summed E-state index contributed by atoms with van der Waals surface area (Å²) in [5.74, 6) is 0.0646. The van der Waals surface area contributed by atoms with Crippen LogP contribution in [0, 0.1) is 0 Å². The molecule has 14 heavy (non-hydrogen) atoms. The van der Waals surface area contributed by atoms with Crippen LogP contribution in [0.4, 0.5) is 0 Å². The molecule has 0 radical (unpaired) electrons. The maximum atomic E-state index is 11.8. The van der Waals surface area contributed by atoms with Crippen molar-refractivity contribution in [1.29, 1.82) is 0 Å². The fourth-order valence-corrected chi connectivity index (χ4v) is 2.25. The van der Waals surface area contributed by atoms with Gasteiger partial charge in [-0.3, -0.25) is 4.79 Å². The summed E-state index contributed by atoms with van der Waals surface area (Å²) in [6, 6.07) is 1.74. The Morgan fingerprint density at radius 1 is 1.64 bits per heavy atom. The first-order valence-corrected chi connectivity index (χ1v) is 5.37. The predicted octanol–water partition coefficient (Wildman–Crippen LogP) is 1.27. The number of carbonyl (C=O) groups excluding carboxylic acids is 1. The summed E-state index contributed by atoms with van der Waals surface area (Å²) in [5, 5.41) is 12.5. The minimum absolute atomic E-state index is 0.175. The molecule has 0 fully saturated rings. The standard InChI is InChI=1S/C7H5BrN4OS/c1-12-7(9-10-11-12)5(13)4-2-3-14-6(4)8/h2-3H,1H3. The maximum Gasteiger partial charge on any atom is 0.233 e. The van der Waals surface area contributed by atoms with Gasteiger partial charge in [0.2, 0.25) is 11.6 Å². The van der Waals surface area contributed by atoms with Crippen LogP contribution in [0.2, 0.25) is 0 Å². The molecule has 0 aliphatic carbocycles. The maximum absolute atomic E-state index is 11.8. The van der Waals surface area contributed by atoms with E-state index in [4.69, 9.17) is 0 Å². The first-order chi connectivity index (χ1) is 6.70. The van der Waals surface area contributed by atoms with Crippen LogP contribution in [0.25, 0.3) is 0 Å². The summed E-state index contributed by atoms with van der Waals surface area (Å²) in [6.07, 6.45) is 0. The van der Waals surface area contributed by atoms with Gasteiger partial charge in [0.05, 0.1) is 9.35 Å². The molecule has 0 saturated carbocycles. The van der Waals surface area contributed by atoms with Gasteiger partial charge in [-0.1, -0.05) is 0 Å². The fourth-order valence-electron chi connectivity index (χ4n) is 0.998. The number of thiophene rings is 1. The molecule has 0 saturated heterocycles. The van der Waals surface area contributed by atoms with Crippen molar-refractivity contribution in [2.75, 3.05) is 0 Å². The molecule has 2 aromatic rings. The highest BCUT2D eigenvalue weighted by molar-refractivity contribution is 9.11. The molecule has 0 amide bonds. The summed E-state index contributed by atoms with van der Waals surface area (Å²) in [6.45, 7) is 0. The zero-order valence-electron chi connectivity index (χ0n) is 7.14. The minimum Gasteiger partial charge on any atom is -0.285 e. The van der Waals surface area contributed by atoms with Gasteiger partial charge in [-0.15, -0.1) is 16.4 Å². The molecular weight excluding hydrogens is 268 g/mol. The molecule has 0 spiro atoms. The molecule has 2 aromatic heterocycles. The predicted molar refractivity (Wildman–Crippen MR) is 54.2 cm³/mol. The molecule has 0 aliphatic rings. The molecule has 7 heteroatoms. The van der Waals surface area contributed by atoms with Gasteiger partial charge in [-0.25, -0.2) is 4.68 Å². The summed E-state index contributed by atoms with van der Waals surface area (Å²) < 4.78 is 2.15. The lowest BCUT2D eigenvalue weighted by Gasteiger charge is -1.95. The normalized spacial score (nSPS) is 10.4. The number of rotatable bonds is 2. The lowest BCUT2D eigenvalue weighted by molar-refractivity contribution is 0.102. The number of hydrogen-bond donors (Lipinski definition) is 0. The SMILES string of the molecule is Cn1nnnc1C(=O)c1ccsc1Br. The second-order valence-electron chi connectivity index (χ2n) is 2.56. The monoisotopic (exact) mass is 272 g/mol. The van der Waals surface area contributed by atoms with Crippen LogP contribution in [0.5, 0.6) is 0 Å². The Labute approximate surface area is 91.9 Å². The molecule has 0 atom stereocenters. The van der Waals surface area contributed by atoms with Gasteiger partial charge in [0.1, 0.15) is 0 Å². The fraction of sp³-hybridized carbons (Fsp3) is 0.143. The molecular formula is C7H5BrN4OS. The average molecular weight is 273 g/mol. The summed E-state index contributed by atoms with van der Waals surface area (Å²) in [5.41, 5.74) is 0.591. The van der Waals surface area contributed by atoms with Gasteiger partial charge in [-0.2, -0.15) is 0 Å². The number of ketones is 1.